The van der Waals surface area contributed by atoms with Crippen molar-refractivity contribution in [1.82, 2.24) is 15.8 Å². The Morgan fingerprint density at radius 2 is 2.50 bits per heavy atom. The fourth-order valence-corrected chi connectivity index (χ4v) is 1.14. The number of ether oxygens (including phenoxy) is 1. The summed E-state index contributed by atoms with van der Waals surface area (Å²) in [5.41, 5.74) is 0.784. The molecule has 1 rings (SSSR count). The number of aromatic nitrogens is 1. The van der Waals surface area contributed by atoms with Crippen LogP contribution < -0.4 is 10.6 Å². The Balaban J connectivity index is 1.98. The normalized spacial score (nSPS) is 10.3. The molecule has 2 N–H and O–H groups in total. The van der Waals surface area contributed by atoms with Gasteiger partial charge in [0, 0.05) is 32.9 Å². The summed E-state index contributed by atoms with van der Waals surface area (Å²) >= 11 is 0. The van der Waals surface area contributed by atoms with E-state index in [1.807, 2.05) is 0 Å². The van der Waals surface area contributed by atoms with E-state index in [-0.39, 0.29) is 12.5 Å². The molecular weight excluding hydrogens is 210 g/mol. The summed E-state index contributed by atoms with van der Waals surface area (Å²) in [6, 6.07) is 1.75. The number of rotatable bonds is 8. The third-order valence-corrected chi connectivity index (χ3v) is 1.93. The predicted molar refractivity (Wildman–Crippen MR) is 57.7 cm³/mol. The van der Waals surface area contributed by atoms with Gasteiger partial charge in [-0.2, -0.15) is 0 Å². The number of carbonyl (C=O) groups excluding carboxylic acids is 1. The molecule has 0 spiro atoms. The van der Waals surface area contributed by atoms with Gasteiger partial charge in [0.05, 0.1) is 12.2 Å². The number of methoxy groups -OCH3 is 1. The number of hydrogen-bond donors (Lipinski definition) is 2. The highest BCUT2D eigenvalue weighted by Gasteiger charge is 2.00. The molecule has 0 aromatic carbocycles. The fourth-order valence-electron chi connectivity index (χ4n) is 1.14. The van der Waals surface area contributed by atoms with Gasteiger partial charge in [0.2, 0.25) is 5.91 Å². The standard InChI is InChI=1S/C10H17N3O3/c1-15-5-2-4-12-10(14)8-11-7-9-3-6-16-13-9/h3,6,11H,2,4-5,7-8H2,1H3,(H,12,14). The SMILES string of the molecule is COCCCNC(=O)CNCc1ccon1. The molecule has 0 radical (unpaired) electrons. The molecule has 16 heavy (non-hydrogen) atoms. The van der Waals surface area contributed by atoms with Crippen molar-refractivity contribution in [3.63, 3.8) is 0 Å². The van der Waals surface area contributed by atoms with Gasteiger partial charge >= 0.3 is 0 Å². The predicted octanol–water partition coefficient (Wildman–Crippen LogP) is -0.0831. The first-order valence-corrected chi connectivity index (χ1v) is 5.18. The van der Waals surface area contributed by atoms with Gasteiger partial charge in [0.15, 0.2) is 0 Å². The zero-order valence-corrected chi connectivity index (χ0v) is 9.36. The molecule has 0 atom stereocenters. The fraction of sp³-hybridized carbons (Fsp3) is 0.600. The van der Waals surface area contributed by atoms with E-state index < -0.39 is 0 Å². The average Bonchev–Trinajstić information content (AvgIpc) is 2.77. The van der Waals surface area contributed by atoms with E-state index in [4.69, 9.17) is 4.74 Å². The van der Waals surface area contributed by atoms with Crippen LogP contribution in [0.3, 0.4) is 0 Å². The number of amides is 1. The minimum absolute atomic E-state index is 0.0282. The van der Waals surface area contributed by atoms with Crippen LogP contribution in [0.25, 0.3) is 0 Å². The van der Waals surface area contributed by atoms with Crippen LogP contribution in [0.5, 0.6) is 0 Å². The van der Waals surface area contributed by atoms with Crippen molar-refractivity contribution < 1.29 is 14.1 Å². The molecule has 1 aromatic rings. The summed E-state index contributed by atoms with van der Waals surface area (Å²) in [4.78, 5) is 11.3. The molecule has 6 nitrogen and oxygen atoms in total. The molecule has 0 saturated carbocycles. The van der Waals surface area contributed by atoms with Gasteiger partial charge in [-0.25, -0.2) is 0 Å². The van der Waals surface area contributed by atoms with Crippen LogP contribution in [0.2, 0.25) is 0 Å². The Labute approximate surface area is 94.3 Å². The lowest BCUT2D eigenvalue weighted by molar-refractivity contribution is -0.120. The quantitative estimate of drug-likeness (QED) is 0.607. The lowest BCUT2D eigenvalue weighted by Crippen LogP contribution is -2.34. The van der Waals surface area contributed by atoms with Crippen molar-refractivity contribution in [2.75, 3.05) is 26.8 Å². The van der Waals surface area contributed by atoms with E-state index in [1.54, 1.807) is 13.2 Å². The Morgan fingerprint density at radius 3 is 3.19 bits per heavy atom. The van der Waals surface area contributed by atoms with Gasteiger partial charge in [-0.05, 0) is 6.42 Å². The largest absolute Gasteiger partial charge is 0.385 e. The van der Waals surface area contributed by atoms with E-state index in [9.17, 15) is 4.79 Å². The molecular formula is C10H17N3O3. The molecule has 0 fully saturated rings. The summed E-state index contributed by atoms with van der Waals surface area (Å²) in [6.45, 7) is 2.10. The minimum Gasteiger partial charge on any atom is -0.385 e. The van der Waals surface area contributed by atoms with Crippen molar-refractivity contribution in [3.05, 3.63) is 18.0 Å². The molecule has 1 amide bonds. The third kappa shape index (κ3) is 5.47. The molecule has 90 valence electrons. The van der Waals surface area contributed by atoms with Crippen molar-refractivity contribution >= 4 is 5.91 Å². The van der Waals surface area contributed by atoms with Crippen LogP contribution in [0, 0.1) is 0 Å². The highest BCUT2D eigenvalue weighted by Crippen LogP contribution is 1.91. The highest BCUT2D eigenvalue weighted by atomic mass is 16.5. The smallest absolute Gasteiger partial charge is 0.233 e. The van der Waals surface area contributed by atoms with Gasteiger partial charge < -0.3 is 19.9 Å². The second-order valence-electron chi connectivity index (χ2n) is 3.29. The van der Waals surface area contributed by atoms with Crippen LogP contribution in [0.15, 0.2) is 16.9 Å². The summed E-state index contributed by atoms with van der Waals surface area (Å²) < 4.78 is 9.53. The first kappa shape index (κ1) is 12.7. The van der Waals surface area contributed by atoms with E-state index in [0.717, 1.165) is 12.1 Å². The van der Waals surface area contributed by atoms with Crippen LogP contribution in [-0.4, -0.2) is 37.9 Å². The Kier molecular flexibility index (Phi) is 6.20. The maximum atomic E-state index is 11.3. The first-order chi connectivity index (χ1) is 7.83. The van der Waals surface area contributed by atoms with Crippen molar-refractivity contribution in [2.45, 2.75) is 13.0 Å². The average molecular weight is 227 g/mol. The van der Waals surface area contributed by atoms with E-state index in [0.29, 0.717) is 19.7 Å². The molecule has 1 aromatic heterocycles. The number of carbonyl (C=O) groups is 1. The van der Waals surface area contributed by atoms with Crippen LogP contribution in [-0.2, 0) is 16.1 Å². The Hall–Kier alpha value is -1.40. The van der Waals surface area contributed by atoms with Gasteiger partial charge in [0.1, 0.15) is 6.26 Å². The molecule has 0 unspecified atom stereocenters. The van der Waals surface area contributed by atoms with E-state index in [2.05, 4.69) is 20.3 Å². The third-order valence-electron chi connectivity index (χ3n) is 1.93. The topological polar surface area (TPSA) is 76.4 Å². The van der Waals surface area contributed by atoms with E-state index in [1.165, 1.54) is 6.26 Å². The zero-order chi connectivity index (χ0) is 11.6. The lowest BCUT2D eigenvalue weighted by atomic mass is 10.4. The summed E-state index contributed by atoms with van der Waals surface area (Å²) in [5, 5.41) is 9.45. The Bertz CT molecular complexity index is 288. The lowest BCUT2D eigenvalue weighted by Gasteiger charge is -2.05. The number of nitrogens with zero attached hydrogens (tertiary/aromatic N) is 1. The number of nitrogens with one attached hydrogen (secondary N) is 2. The molecule has 0 aliphatic rings. The molecule has 0 aliphatic carbocycles. The van der Waals surface area contributed by atoms with Crippen LogP contribution in [0.1, 0.15) is 12.1 Å². The summed E-state index contributed by atoms with van der Waals surface area (Å²) in [5.74, 6) is -0.0282. The zero-order valence-electron chi connectivity index (χ0n) is 9.36. The molecule has 0 aliphatic heterocycles. The summed E-state index contributed by atoms with van der Waals surface area (Å²) in [6.07, 6.45) is 2.33. The first-order valence-electron chi connectivity index (χ1n) is 5.18. The summed E-state index contributed by atoms with van der Waals surface area (Å²) in [7, 11) is 1.64. The van der Waals surface area contributed by atoms with E-state index >= 15 is 0 Å². The molecule has 6 heteroatoms. The minimum atomic E-state index is -0.0282. The molecule has 1 heterocycles. The van der Waals surface area contributed by atoms with Gasteiger partial charge in [-0.3, -0.25) is 4.79 Å². The number of hydrogen-bond acceptors (Lipinski definition) is 5. The van der Waals surface area contributed by atoms with Gasteiger partial charge in [-0.15, -0.1) is 0 Å². The Morgan fingerprint density at radius 1 is 1.62 bits per heavy atom. The van der Waals surface area contributed by atoms with Crippen molar-refractivity contribution in [3.8, 4) is 0 Å². The monoisotopic (exact) mass is 227 g/mol. The second-order valence-corrected chi connectivity index (χ2v) is 3.29. The van der Waals surface area contributed by atoms with Crippen molar-refractivity contribution in [1.29, 1.82) is 0 Å². The molecule has 0 saturated heterocycles. The maximum absolute atomic E-state index is 11.3. The molecule has 0 bridgehead atoms. The maximum Gasteiger partial charge on any atom is 0.233 e. The van der Waals surface area contributed by atoms with Crippen LogP contribution in [0.4, 0.5) is 0 Å². The van der Waals surface area contributed by atoms with Crippen LogP contribution >= 0.6 is 0 Å². The second kappa shape index (κ2) is 7.84. The van der Waals surface area contributed by atoms with Crippen molar-refractivity contribution in [2.24, 2.45) is 0 Å². The highest BCUT2D eigenvalue weighted by molar-refractivity contribution is 5.77. The van der Waals surface area contributed by atoms with Gasteiger partial charge in [0.25, 0.3) is 0 Å². The van der Waals surface area contributed by atoms with Gasteiger partial charge in [-0.1, -0.05) is 5.16 Å².